The zero-order valence-corrected chi connectivity index (χ0v) is 20.7. The van der Waals surface area contributed by atoms with Gasteiger partial charge in [0.25, 0.3) is 5.91 Å². The van der Waals surface area contributed by atoms with E-state index < -0.39 is 10.0 Å². The lowest BCUT2D eigenvalue weighted by atomic mass is 10.2. The predicted molar refractivity (Wildman–Crippen MR) is 133 cm³/mol. The number of aromatic nitrogens is 4. The standard InChI is InChI=1S/C24H23ClN6O4S/c25-20-6-2-1-5-19(20)23-28-27-21-11-12-22(29-31(21)23)35-16-13-26-24(32)17-7-9-18(10-8-17)36(33,34)30-14-3-4-15-30/h1-2,5-12H,3-4,13-16H2,(H,26,32). The van der Waals surface area contributed by atoms with E-state index >= 15 is 0 Å². The summed E-state index contributed by atoms with van der Waals surface area (Å²) in [4.78, 5) is 12.7. The number of amides is 1. The van der Waals surface area contributed by atoms with E-state index in [0.29, 0.717) is 46.6 Å². The monoisotopic (exact) mass is 526 g/mol. The molecule has 0 radical (unpaired) electrons. The van der Waals surface area contributed by atoms with Gasteiger partial charge >= 0.3 is 0 Å². The number of rotatable bonds is 8. The van der Waals surface area contributed by atoms with Crippen LogP contribution in [-0.4, -0.2) is 64.7 Å². The minimum atomic E-state index is -3.51. The van der Waals surface area contributed by atoms with E-state index in [-0.39, 0.29) is 24.0 Å². The molecule has 2 aromatic heterocycles. The van der Waals surface area contributed by atoms with E-state index in [9.17, 15) is 13.2 Å². The summed E-state index contributed by atoms with van der Waals surface area (Å²) in [5, 5.41) is 16.0. The minimum absolute atomic E-state index is 0.176. The van der Waals surface area contributed by atoms with Crippen LogP contribution in [-0.2, 0) is 10.0 Å². The molecule has 0 atom stereocenters. The molecule has 1 N–H and O–H groups in total. The molecule has 0 aliphatic carbocycles. The lowest BCUT2D eigenvalue weighted by molar-refractivity contribution is 0.0946. The van der Waals surface area contributed by atoms with Gasteiger partial charge in [-0.15, -0.1) is 15.3 Å². The smallest absolute Gasteiger partial charge is 0.251 e. The lowest BCUT2D eigenvalue weighted by Crippen LogP contribution is -2.29. The van der Waals surface area contributed by atoms with E-state index in [0.717, 1.165) is 12.8 Å². The van der Waals surface area contributed by atoms with Crippen molar-refractivity contribution in [1.82, 2.24) is 29.4 Å². The van der Waals surface area contributed by atoms with Crippen molar-refractivity contribution < 1.29 is 17.9 Å². The van der Waals surface area contributed by atoms with Crippen molar-refractivity contribution in [3.8, 4) is 17.3 Å². The number of halogens is 1. The van der Waals surface area contributed by atoms with Gasteiger partial charge in [-0.05, 0) is 55.3 Å². The number of nitrogens with one attached hydrogen (secondary N) is 1. The van der Waals surface area contributed by atoms with Crippen molar-refractivity contribution in [2.75, 3.05) is 26.2 Å². The first-order valence-corrected chi connectivity index (χ1v) is 13.2. The Morgan fingerprint density at radius 2 is 1.75 bits per heavy atom. The van der Waals surface area contributed by atoms with Gasteiger partial charge in [0, 0.05) is 30.3 Å². The van der Waals surface area contributed by atoms with E-state index in [1.165, 1.54) is 28.6 Å². The number of hydrogen-bond donors (Lipinski definition) is 1. The number of nitrogens with zero attached hydrogens (tertiary/aromatic N) is 5. The van der Waals surface area contributed by atoms with Gasteiger partial charge in [0.1, 0.15) is 6.61 Å². The molecule has 0 unspecified atom stereocenters. The minimum Gasteiger partial charge on any atom is -0.475 e. The molecule has 10 nitrogen and oxygen atoms in total. The van der Waals surface area contributed by atoms with E-state index in [1.54, 1.807) is 22.7 Å². The van der Waals surface area contributed by atoms with Gasteiger partial charge in [-0.25, -0.2) is 8.42 Å². The Bertz CT molecular complexity index is 1500. The first-order chi connectivity index (χ1) is 17.4. The molecule has 1 fully saturated rings. The normalized spacial score (nSPS) is 14.2. The number of ether oxygens (including phenoxy) is 1. The molecule has 1 aliphatic rings. The summed E-state index contributed by atoms with van der Waals surface area (Å²) in [5.41, 5.74) is 1.60. The quantitative estimate of drug-likeness (QED) is 0.350. The average molecular weight is 527 g/mol. The molecule has 1 saturated heterocycles. The van der Waals surface area contributed by atoms with Crippen molar-refractivity contribution >= 4 is 33.2 Å². The van der Waals surface area contributed by atoms with Crippen molar-refractivity contribution in [2.45, 2.75) is 17.7 Å². The number of carbonyl (C=O) groups is 1. The number of carbonyl (C=O) groups excluding carboxylic acids is 1. The Labute approximate surface area is 212 Å². The maximum absolute atomic E-state index is 12.6. The van der Waals surface area contributed by atoms with Crippen LogP contribution in [0.4, 0.5) is 0 Å². The zero-order valence-electron chi connectivity index (χ0n) is 19.2. The Morgan fingerprint density at radius 1 is 1.00 bits per heavy atom. The van der Waals surface area contributed by atoms with Crippen molar-refractivity contribution in [2.24, 2.45) is 0 Å². The largest absolute Gasteiger partial charge is 0.475 e. The molecule has 0 bridgehead atoms. The first-order valence-electron chi connectivity index (χ1n) is 11.4. The topological polar surface area (TPSA) is 119 Å². The molecule has 1 aliphatic heterocycles. The summed E-state index contributed by atoms with van der Waals surface area (Å²) in [5.74, 6) is 0.498. The summed E-state index contributed by atoms with van der Waals surface area (Å²) in [6.07, 6.45) is 1.74. The summed E-state index contributed by atoms with van der Waals surface area (Å²) >= 11 is 6.29. The van der Waals surface area contributed by atoms with Crippen LogP contribution in [0.25, 0.3) is 17.0 Å². The molecule has 3 heterocycles. The molecule has 186 valence electrons. The Balaban J connectivity index is 1.18. The van der Waals surface area contributed by atoms with Gasteiger partial charge in [0.2, 0.25) is 15.9 Å². The summed E-state index contributed by atoms with van der Waals surface area (Å²) in [6.45, 7) is 1.47. The molecule has 12 heteroatoms. The van der Waals surface area contributed by atoms with E-state index in [4.69, 9.17) is 16.3 Å². The summed E-state index contributed by atoms with van der Waals surface area (Å²) in [6, 6.07) is 16.6. The SMILES string of the molecule is O=C(NCCOc1ccc2nnc(-c3ccccc3Cl)n2n1)c1ccc(S(=O)(=O)N2CCCC2)cc1. The maximum Gasteiger partial charge on any atom is 0.251 e. The molecular formula is C24H23ClN6O4S. The second kappa shape index (κ2) is 10.2. The van der Waals surface area contributed by atoms with Gasteiger partial charge in [-0.2, -0.15) is 8.82 Å². The zero-order chi connectivity index (χ0) is 25.1. The van der Waals surface area contributed by atoms with Gasteiger partial charge in [-0.3, -0.25) is 4.79 Å². The highest BCUT2D eigenvalue weighted by molar-refractivity contribution is 7.89. The van der Waals surface area contributed by atoms with Gasteiger partial charge in [0.05, 0.1) is 16.5 Å². The molecule has 0 spiro atoms. The van der Waals surface area contributed by atoms with Crippen molar-refractivity contribution in [3.63, 3.8) is 0 Å². The fraction of sp³-hybridized carbons (Fsp3) is 0.250. The molecule has 4 aromatic rings. The van der Waals surface area contributed by atoms with Crippen LogP contribution in [0.15, 0.2) is 65.6 Å². The molecule has 1 amide bonds. The predicted octanol–water partition coefficient (Wildman–Crippen LogP) is 3.04. The summed E-state index contributed by atoms with van der Waals surface area (Å²) < 4.78 is 34.0. The molecule has 0 saturated carbocycles. The Hall–Kier alpha value is -3.54. The third-order valence-electron chi connectivity index (χ3n) is 5.81. The highest BCUT2D eigenvalue weighted by Crippen LogP contribution is 2.26. The third kappa shape index (κ3) is 4.90. The van der Waals surface area contributed by atoms with Crippen LogP contribution in [0.2, 0.25) is 5.02 Å². The molecular weight excluding hydrogens is 504 g/mol. The van der Waals surface area contributed by atoms with E-state index in [1.807, 2.05) is 18.2 Å². The van der Waals surface area contributed by atoms with Crippen LogP contribution in [0, 0.1) is 0 Å². The lowest BCUT2D eigenvalue weighted by Gasteiger charge is -2.15. The number of sulfonamides is 1. The maximum atomic E-state index is 12.6. The number of hydrogen-bond acceptors (Lipinski definition) is 7. The summed E-state index contributed by atoms with van der Waals surface area (Å²) in [7, 11) is -3.51. The average Bonchev–Trinajstić information content (AvgIpc) is 3.58. The fourth-order valence-corrected chi connectivity index (χ4v) is 5.67. The van der Waals surface area contributed by atoms with Gasteiger partial charge < -0.3 is 10.1 Å². The second-order valence-electron chi connectivity index (χ2n) is 8.18. The van der Waals surface area contributed by atoms with Crippen LogP contribution < -0.4 is 10.1 Å². The molecule has 5 rings (SSSR count). The van der Waals surface area contributed by atoms with E-state index in [2.05, 4.69) is 20.6 Å². The Kier molecular flexibility index (Phi) is 6.86. The fourth-order valence-electron chi connectivity index (χ4n) is 3.94. The Morgan fingerprint density at radius 3 is 2.50 bits per heavy atom. The van der Waals surface area contributed by atoms with Gasteiger partial charge in [0.15, 0.2) is 11.5 Å². The number of fused-ring (bicyclic) bond motifs is 1. The van der Waals surface area contributed by atoms with Crippen molar-refractivity contribution in [3.05, 3.63) is 71.2 Å². The molecule has 36 heavy (non-hydrogen) atoms. The van der Waals surface area contributed by atoms with Crippen LogP contribution in [0.3, 0.4) is 0 Å². The van der Waals surface area contributed by atoms with Crippen LogP contribution in [0.5, 0.6) is 5.88 Å². The van der Waals surface area contributed by atoms with Crippen molar-refractivity contribution in [1.29, 1.82) is 0 Å². The first kappa shape index (κ1) is 24.2. The number of benzene rings is 2. The van der Waals surface area contributed by atoms with Crippen LogP contribution in [0.1, 0.15) is 23.2 Å². The highest BCUT2D eigenvalue weighted by atomic mass is 35.5. The third-order valence-corrected chi connectivity index (χ3v) is 8.05. The molecule has 2 aromatic carbocycles. The van der Waals surface area contributed by atoms with Crippen LogP contribution >= 0.6 is 11.6 Å². The second-order valence-corrected chi connectivity index (χ2v) is 10.5. The van der Waals surface area contributed by atoms with Gasteiger partial charge in [-0.1, -0.05) is 23.7 Å². The highest BCUT2D eigenvalue weighted by Gasteiger charge is 2.27.